The summed E-state index contributed by atoms with van der Waals surface area (Å²) < 4.78 is 4.64. The molecular weight excluding hydrogens is 338 g/mol. The summed E-state index contributed by atoms with van der Waals surface area (Å²) in [6.07, 6.45) is 0. The highest BCUT2D eigenvalue weighted by atomic mass is 16.6. The van der Waals surface area contributed by atoms with E-state index in [1.54, 1.807) is 18.2 Å². The molecule has 1 aliphatic heterocycles. The molecule has 1 aromatic rings. The van der Waals surface area contributed by atoms with Crippen molar-refractivity contribution in [3.63, 3.8) is 0 Å². The zero-order valence-electron chi connectivity index (χ0n) is 13.8. The highest BCUT2D eigenvalue weighted by molar-refractivity contribution is 6.21. The second-order valence-corrected chi connectivity index (χ2v) is 5.35. The van der Waals surface area contributed by atoms with Gasteiger partial charge in [0, 0.05) is 17.8 Å². The van der Waals surface area contributed by atoms with Crippen molar-refractivity contribution in [3.8, 4) is 18.2 Å². The lowest BCUT2D eigenvalue weighted by atomic mass is 9.70. The van der Waals surface area contributed by atoms with Crippen LogP contribution in [0.15, 0.2) is 40.4 Å². The molecule has 9 nitrogen and oxygen atoms in total. The van der Waals surface area contributed by atoms with Crippen molar-refractivity contribution >= 4 is 17.4 Å². The highest BCUT2D eigenvalue weighted by Crippen LogP contribution is 2.47. The summed E-state index contributed by atoms with van der Waals surface area (Å²) in [4.78, 5) is 26.5. The third kappa shape index (κ3) is 2.66. The molecule has 128 valence electrons. The Labute approximate surface area is 148 Å². The van der Waals surface area contributed by atoms with Gasteiger partial charge < -0.3 is 4.74 Å². The molecule has 1 heterocycles. The summed E-state index contributed by atoms with van der Waals surface area (Å²) in [6.45, 7) is 1.46. The van der Waals surface area contributed by atoms with E-state index in [0.717, 1.165) is 7.11 Å². The van der Waals surface area contributed by atoms with E-state index in [1.165, 1.54) is 31.2 Å². The monoisotopic (exact) mass is 349 g/mol. The summed E-state index contributed by atoms with van der Waals surface area (Å²) in [5, 5.41) is 39.7. The third-order valence-corrected chi connectivity index (χ3v) is 4.01. The molecule has 1 atom stereocenters. The Kier molecular flexibility index (Phi) is 4.82. The number of ether oxygens (including phenoxy) is 1. The predicted molar refractivity (Wildman–Crippen MR) is 87.3 cm³/mol. The first kappa shape index (κ1) is 18.3. The normalized spacial score (nSPS) is 18.0. The van der Waals surface area contributed by atoms with Gasteiger partial charge in [0.05, 0.1) is 41.4 Å². The van der Waals surface area contributed by atoms with Crippen molar-refractivity contribution in [1.29, 1.82) is 15.8 Å². The molecule has 2 rings (SSSR count). The van der Waals surface area contributed by atoms with Crippen LogP contribution in [0.3, 0.4) is 0 Å². The summed E-state index contributed by atoms with van der Waals surface area (Å²) in [7, 11) is 1.11. The molecule has 1 unspecified atom stereocenters. The average Bonchev–Trinajstić information content (AvgIpc) is 2.66. The number of nitro groups is 1. The van der Waals surface area contributed by atoms with Gasteiger partial charge in [-0.1, -0.05) is 0 Å². The van der Waals surface area contributed by atoms with Crippen molar-refractivity contribution in [2.75, 3.05) is 7.11 Å². The molecule has 0 radical (unpaired) electrons. The summed E-state index contributed by atoms with van der Waals surface area (Å²) in [5.41, 5.74) is -2.35. The van der Waals surface area contributed by atoms with Crippen LogP contribution in [-0.2, 0) is 9.53 Å². The minimum Gasteiger partial charge on any atom is -0.465 e. The van der Waals surface area contributed by atoms with E-state index < -0.39 is 22.3 Å². The molecule has 26 heavy (non-hydrogen) atoms. The van der Waals surface area contributed by atoms with Gasteiger partial charge in [-0.2, -0.15) is 15.8 Å². The Morgan fingerprint density at radius 1 is 1.27 bits per heavy atom. The molecule has 0 saturated carbocycles. The summed E-state index contributed by atoms with van der Waals surface area (Å²) >= 11 is 0. The second kappa shape index (κ2) is 6.84. The van der Waals surface area contributed by atoms with Crippen LogP contribution in [-0.4, -0.2) is 23.7 Å². The van der Waals surface area contributed by atoms with Crippen LogP contribution < -0.4 is 0 Å². The van der Waals surface area contributed by atoms with E-state index >= 15 is 0 Å². The number of hydrogen-bond donors (Lipinski definition) is 0. The van der Waals surface area contributed by atoms with Crippen LogP contribution in [0.5, 0.6) is 0 Å². The van der Waals surface area contributed by atoms with Gasteiger partial charge in [0.1, 0.15) is 6.04 Å². The van der Waals surface area contributed by atoms with E-state index in [1.807, 2.05) is 0 Å². The van der Waals surface area contributed by atoms with Crippen LogP contribution in [0.4, 0.5) is 5.69 Å². The molecule has 9 heteroatoms. The highest BCUT2D eigenvalue weighted by Gasteiger charge is 2.50. The second-order valence-electron chi connectivity index (χ2n) is 5.35. The van der Waals surface area contributed by atoms with Gasteiger partial charge >= 0.3 is 5.97 Å². The lowest BCUT2D eigenvalue weighted by molar-refractivity contribution is -0.384. The fraction of sp³-hybridized carbons (Fsp3) is 0.235. The topological polar surface area (TPSA) is 153 Å². The van der Waals surface area contributed by atoms with Crippen molar-refractivity contribution in [2.24, 2.45) is 10.4 Å². The van der Waals surface area contributed by atoms with Crippen molar-refractivity contribution in [3.05, 3.63) is 51.1 Å². The van der Waals surface area contributed by atoms with Crippen LogP contribution in [0.25, 0.3) is 0 Å². The average molecular weight is 349 g/mol. The molecule has 0 N–H and O–H groups in total. The predicted octanol–water partition coefficient (Wildman–Crippen LogP) is 2.14. The Morgan fingerprint density at radius 3 is 2.27 bits per heavy atom. The summed E-state index contributed by atoms with van der Waals surface area (Å²) in [6, 6.07) is 9.38. The Hall–Kier alpha value is -4.03. The molecule has 0 aromatic heterocycles. The molecule has 0 saturated heterocycles. The van der Waals surface area contributed by atoms with Crippen LogP contribution >= 0.6 is 0 Å². The van der Waals surface area contributed by atoms with E-state index in [4.69, 9.17) is 0 Å². The molecule has 0 spiro atoms. The van der Waals surface area contributed by atoms with E-state index in [9.17, 15) is 30.7 Å². The van der Waals surface area contributed by atoms with E-state index in [-0.39, 0.29) is 22.5 Å². The Balaban J connectivity index is 2.74. The minimum absolute atomic E-state index is 0.137. The van der Waals surface area contributed by atoms with Gasteiger partial charge in [0.25, 0.3) is 5.69 Å². The SMILES string of the molecule is COC(=O)C1=C(C#N)C(C#N)(C#N)C(c2ccc([N+](=O)[O-])cc2)N=C1C. The van der Waals surface area contributed by atoms with Gasteiger partial charge in [-0.3, -0.25) is 15.1 Å². The minimum atomic E-state index is -2.06. The number of carbonyl (C=O) groups excluding carboxylic acids is 1. The molecule has 1 aliphatic rings. The largest absolute Gasteiger partial charge is 0.465 e. The first-order valence-electron chi connectivity index (χ1n) is 7.21. The first-order valence-corrected chi connectivity index (χ1v) is 7.21. The fourth-order valence-electron chi connectivity index (χ4n) is 2.73. The molecule has 1 aromatic carbocycles. The van der Waals surface area contributed by atoms with Gasteiger partial charge in [-0.05, 0) is 24.6 Å². The number of hydrogen-bond acceptors (Lipinski definition) is 8. The van der Waals surface area contributed by atoms with Gasteiger partial charge in [0.15, 0.2) is 0 Å². The van der Waals surface area contributed by atoms with Crippen LogP contribution in [0.2, 0.25) is 0 Å². The van der Waals surface area contributed by atoms with Crippen molar-refractivity contribution < 1.29 is 14.5 Å². The maximum Gasteiger partial charge on any atom is 0.340 e. The van der Waals surface area contributed by atoms with Gasteiger partial charge in [-0.25, -0.2) is 4.79 Å². The number of dihydropyridines is 1. The third-order valence-electron chi connectivity index (χ3n) is 4.01. The number of nitro benzene ring substituents is 1. The number of esters is 1. The number of rotatable bonds is 3. The standard InChI is InChI=1S/C17H11N5O4/c1-10-14(16(23)26-2)13(7-18)17(8-19,9-20)15(21-10)11-3-5-12(6-4-11)22(24)25/h3-6,15H,1-2H3. The number of aliphatic imine (C=N–C) groups is 1. The summed E-state index contributed by atoms with van der Waals surface area (Å²) in [5.74, 6) is -0.875. The number of nitriles is 3. The lowest BCUT2D eigenvalue weighted by Gasteiger charge is -2.31. The van der Waals surface area contributed by atoms with Crippen molar-refractivity contribution in [2.45, 2.75) is 13.0 Å². The van der Waals surface area contributed by atoms with Crippen LogP contribution in [0.1, 0.15) is 18.5 Å². The Bertz CT molecular complexity index is 956. The molecule has 0 fully saturated rings. The van der Waals surface area contributed by atoms with Gasteiger partial charge in [0.2, 0.25) is 5.41 Å². The number of non-ortho nitro benzene ring substituents is 1. The fourth-order valence-corrected chi connectivity index (χ4v) is 2.73. The lowest BCUT2D eigenvalue weighted by Crippen LogP contribution is -2.35. The molecular formula is C17H11N5O4. The smallest absolute Gasteiger partial charge is 0.340 e. The Morgan fingerprint density at radius 2 is 1.85 bits per heavy atom. The first-order chi connectivity index (χ1) is 12.4. The van der Waals surface area contributed by atoms with Crippen LogP contribution in [0, 0.1) is 49.5 Å². The maximum absolute atomic E-state index is 12.0. The van der Waals surface area contributed by atoms with Crippen molar-refractivity contribution in [1.82, 2.24) is 0 Å². The maximum atomic E-state index is 12.0. The molecule has 0 bridgehead atoms. The zero-order chi connectivity index (χ0) is 19.5. The van der Waals surface area contributed by atoms with Gasteiger partial charge in [-0.15, -0.1) is 0 Å². The number of methoxy groups -OCH3 is 1. The number of benzene rings is 1. The molecule has 0 amide bonds. The molecule has 0 aliphatic carbocycles. The zero-order valence-corrected chi connectivity index (χ0v) is 13.8. The van der Waals surface area contributed by atoms with E-state index in [2.05, 4.69) is 9.73 Å². The van der Waals surface area contributed by atoms with E-state index in [0.29, 0.717) is 5.56 Å². The quantitative estimate of drug-likeness (QED) is 0.460. The number of nitrogens with zero attached hydrogens (tertiary/aromatic N) is 5. The number of carbonyl (C=O) groups is 1.